The van der Waals surface area contributed by atoms with Gasteiger partial charge in [0.15, 0.2) is 0 Å². The molecule has 50 heavy (non-hydrogen) atoms. The summed E-state index contributed by atoms with van der Waals surface area (Å²) in [6, 6.07) is 0. The zero-order chi connectivity index (χ0) is 35.9. The van der Waals surface area contributed by atoms with E-state index in [1.54, 1.807) is 0 Å². The third-order valence-electron chi connectivity index (χ3n) is 5.38. The van der Waals surface area contributed by atoms with E-state index in [0.29, 0.717) is 0 Å². The van der Waals surface area contributed by atoms with E-state index in [9.17, 15) is 0 Å². The molecule has 0 aliphatic rings. The molecule has 254 valence electrons. The number of allylic oxidation sites excluding steroid dienone is 48. The van der Waals surface area contributed by atoms with Gasteiger partial charge < -0.3 is 0 Å². The van der Waals surface area contributed by atoms with Crippen molar-refractivity contribution in [2.75, 3.05) is 0 Å². The van der Waals surface area contributed by atoms with Crippen LogP contribution in [0.25, 0.3) is 0 Å². The highest BCUT2D eigenvalue weighted by Gasteiger charge is 1.68. The summed E-state index contributed by atoms with van der Waals surface area (Å²) in [5.74, 6) is 0. The van der Waals surface area contributed by atoms with Gasteiger partial charge in [0.25, 0.3) is 0 Å². The molecule has 0 aliphatic heterocycles. The van der Waals surface area contributed by atoms with Crippen LogP contribution in [0.4, 0.5) is 0 Å². The zero-order valence-corrected chi connectivity index (χ0v) is 29.7. The molecule has 0 saturated carbocycles. The Labute approximate surface area is 304 Å². The Balaban J connectivity index is 4.05. The van der Waals surface area contributed by atoms with Crippen LogP contribution < -0.4 is 0 Å². The largest absolute Gasteiger partial charge is 0.0877 e. The van der Waals surface area contributed by atoms with Gasteiger partial charge in [-0.05, 0) is 13.8 Å². The molecule has 0 unspecified atom stereocenters. The van der Waals surface area contributed by atoms with Crippen molar-refractivity contribution in [2.45, 2.75) is 13.8 Å². The molecule has 0 amide bonds. The molecule has 0 radical (unpaired) electrons. The van der Waals surface area contributed by atoms with Gasteiger partial charge in [-0.3, -0.25) is 0 Å². The first-order valence-corrected chi connectivity index (χ1v) is 16.8. The van der Waals surface area contributed by atoms with Crippen LogP contribution in [-0.4, -0.2) is 0 Å². The minimum absolute atomic E-state index is 2.00. The van der Waals surface area contributed by atoms with Gasteiger partial charge in [0.05, 0.1) is 0 Å². The summed E-state index contributed by atoms with van der Waals surface area (Å²) >= 11 is 0. The Morgan fingerprint density at radius 2 is 0.160 bits per heavy atom. The van der Waals surface area contributed by atoms with E-state index in [1.165, 1.54) is 0 Å². The van der Waals surface area contributed by atoms with E-state index in [4.69, 9.17) is 0 Å². The fourth-order valence-corrected chi connectivity index (χ4v) is 3.04. The van der Waals surface area contributed by atoms with Crippen LogP contribution >= 0.6 is 0 Å². The van der Waals surface area contributed by atoms with E-state index in [1.807, 2.05) is 305 Å². The Kier molecular flexibility index (Phi) is 37.4. The first-order chi connectivity index (χ1) is 24.9. The molecule has 0 N–H and O–H groups in total. The summed E-state index contributed by atoms with van der Waals surface area (Å²) in [6.45, 7) is 4.00. The third-order valence-corrected chi connectivity index (χ3v) is 5.38. The maximum absolute atomic E-state index is 2.00. The van der Waals surface area contributed by atoms with Crippen molar-refractivity contribution in [3.8, 4) is 0 Å². The van der Waals surface area contributed by atoms with E-state index < -0.39 is 0 Å². The normalized spacial score (nSPS) is 15.5. The topological polar surface area (TPSA) is 0 Å². The standard InChI is InChI=1S/C50H54/c1-3-5-7-9-11-13-15-17-19-21-23-25-27-29-31-33-35-37-39-41-43-45-47-49-50-48-46-44-42-40-38-36-34-32-30-28-26-24-22-20-18-16-14-12-10-8-6-4-2/h3-50H,1-2H3/b5-3+,6-4+,9-7+,10-8+,13-11+,14-12+,17-15+,18-16+,21-19+,22-20+,25-23+,26-24+,29-27+,30-28+,33-31+,34-32+,37-35+,38-36+,41-39+,42-40+,45-43+,46-44+,49-47+,50-48+. The van der Waals surface area contributed by atoms with Gasteiger partial charge in [0.2, 0.25) is 0 Å². The molecule has 0 rings (SSSR count). The molecule has 0 aromatic heterocycles. The Bertz CT molecular complexity index is 1440. The molecule has 0 heterocycles. The van der Waals surface area contributed by atoms with Crippen molar-refractivity contribution in [1.29, 1.82) is 0 Å². The first kappa shape index (κ1) is 43.8. The maximum Gasteiger partial charge on any atom is -0.0467 e. The second-order valence-corrected chi connectivity index (χ2v) is 9.52. The Morgan fingerprint density at radius 3 is 0.220 bits per heavy atom. The highest BCUT2D eigenvalue weighted by atomic mass is 13.8. The summed E-state index contributed by atoms with van der Waals surface area (Å²) < 4.78 is 0. The van der Waals surface area contributed by atoms with Crippen molar-refractivity contribution in [3.63, 3.8) is 0 Å². The van der Waals surface area contributed by atoms with Crippen LogP contribution in [0, 0.1) is 0 Å². The van der Waals surface area contributed by atoms with Gasteiger partial charge in [0, 0.05) is 0 Å². The number of hydrogen-bond donors (Lipinski definition) is 0. The van der Waals surface area contributed by atoms with Crippen LogP contribution in [0.5, 0.6) is 0 Å². The lowest BCUT2D eigenvalue weighted by molar-refractivity contribution is 1.73. The Hall–Kier alpha value is -6.24. The van der Waals surface area contributed by atoms with Crippen LogP contribution in [0.3, 0.4) is 0 Å². The lowest BCUT2D eigenvalue weighted by atomic mass is 10.3. The average molecular weight is 655 g/mol. The first-order valence-electron chi connectivity index (χ1n) is 16.8. The lowest BCUT2D eigenvalue weighted by Crippen LogP contribution is -1.55. The van der Waals surface area contributed by atoms with Crippen molar-refractivity contribution in [1.82, 2.24) is 0 Å². The van der Waals surface area contributed by atoms with Gasteiger partial charge in [-0.15, -0.1) is 0 Å². The van der Waals surface area contributed by atoms with E-state index in [0.717, 1.165) is 0 Å². The van der Waals surface area contributed by atoms with Crippen LogP contribution in [0.1, 0.15) is 13.8 Å². The molecule has 0 aromatic rings. The average Bonchev–Trinajstić information content (AvgIpc) is 3.13. The molecular weight excluding hydrogens is 601 g/mol. The second kappa shape index (κ2) is 42.8. The fraction of sp³-hybridized carbons (Fsp3) is 0.0400. The van der Waals surface area contributed by atoms with Crippen LogP contribution in [0.15, 0.2) is 292 Å². The summed E-state index contributed by atoms with van der Waals surface area (Å²) in [7, 11) is 0. The zero-order valence-electron chi connectivity index (χ0n) is 29.7. The molecular formula is C50H54. The van der Waals surface area contributed by atoms with Crippen molar-refractivity contribution >= 4 is 0 Å². The van der Waals surface area contributed by atoms with Crippen molar-refractivity contribution in [3.05, 3.63) is 292 Å². The monoisotopic (exact) mass is 654 g/mol. The second-order valence-electron chi connectivity index (χ2n) is 9.52. The molecule has 0 spiro atoms. The minimum Gasteiger partial charge on any atom is -0.0877 e. The molecule has 0 atom stereocenters. The van der Waals surface area contributed by atoms with E-state index in [-0.39, 0.29) is 0 Å². The van der Waals surface area contributed by atoms with Gasteiger partial charge in [-0.25, -0.2) is 0 Å². The van der Waals surface area contributed by atoms with Crippen LogP contribution in [0.2, 0.25) is 0 Å². The van der Waals surface area contributed by atoms with Gasteiger partial charge in [0.1, 0.15) is 0 Å². The molecule has 0 bridgehead atoms. The summed E-state index contributed by atoms with van der Waals surface area (Å²) in [4.78, 5) is 0. The number of rotatable bonds is 23. The van der Waals surface area contributed by atoms with E-state index >= 15 is 0 Å². The van der Waals surface area contributed by atoms with Gasteiger partial charge in [-0.2, -0.15) is 0 Å². The predicted octanol–water partition coefficient (Wildman–Crippen LogP) is 14.4. The summed E-state index contributed by atoms with van der Waals surface area (Å²) in [5, 5.41) is 0. The number of hydrogen-bond acceptors (Lipinski definition) is 0. The fourth-order valence-electron chi connectivity index (χ4n) is 3.04. The molecule has 0 saturated heterocycles. The van der Waals surface area contributed by atoms with Crippen molar-refractivity contribution in [2.24, 2.45) is 0 Å². The van der Waals surface area contributed by atoms with Gasteiger partial charge in [-0.1, -0.05) is 292 Å². The molecule has 0 nitrogen and oxygen atoms in total. The SMILES string of the molecule is C/C=C/C=C/C=C/C=C/C=C/C=C/C=C/C=C/C=C/C=C/C=C/C=C/C=C/C=C/C=C/C=C/C=C/C=C/C=C/C=C/C=C/C=C/C=C/C=C/C. The Morgan fingerprint density at radius 1 is 0.100 bits per heavy atom. The molecule has 0 heteroatoms. The lowest BCUT2D eigenvalue weighted by Gasteiger charge is -1.77. The quantitative estimate of drug-likeness (QED) is 0.0962. The molecule has 0 aliphatic carbocycles. The smallest absolute Gasteiger partial charge is 0.0467 e. The highest BCUT2D eigenvalue weighted by Crippen LogP contribution is 1.90. The summed E-state index contributed by atoms with van der Waals surface area (Å²) in [5.41, 5.74) is 0. The molecule has 0 fully saturated rings. The van der Waals surface area contributed by atoms with Crippen molar-refractivity contribution < 1.29 is 0 Å². The van der Waals surface area contributed by atoms with Gasteiger partial charge >= 0.3 is 0 Å². The van der Waals surface area contributed by atoms with Crippen LogP contribution in [-0.2, 0) is 0 Å². The molecule has 0 aromatic carbocycles. The summed E-state index contributed by atoms with van der Waals surface area (Å²) in [6.07, 6.45) is 96.0. The maximum atomic E-state index is 2.00. The van der Waals surface area contributed by atoms with E-state index in [2.05, 4.69) is 0 Å². The predicted molar refractivity (Wildman–Crippen MR) is 231 cm³/mol. The third kappa shape index (κ3) is 41.8. The minimum atomic E-state index is 2.00. The highest BCUT2D eigenvalue weighted by molar-refractivity contribution is 5.26.